The Hall–Kier alpha value is -1.92. The predicted molar refractivity (Wildman–Crippen MR) is 63.0 cm³/mol. The minimum Gasteiger partial charge on any atom is -0.408 e. The summed E-state index contributed by atoms with van der Waals surface area (Å²) in [4.78, 5) is 17.6. The van der Waals surface area contributed by atoms with Crippen LogP contribution in [-0.2, 0) is 0 Å². The molecular formula is C11H8N2O3S. The summed E-state index contributed by atoms with van der Waals surface area (Å²) in [6, 6.07) is 5.07. The van der Waals surface area contributed by atoms with Gasteiger partial charge >= 0.3 is 5.76 Å². The van der Waals surface area contributed by atoms with Crippen molar-refractivity contribution in [3.63, 3.8) is 0 Å². The number of thiazole rings is 1. The fourth-order valence-corrected chi connectivity index (χ4v) is 2.23. The molecule has 3 aromatic rings. The second-order valence-electron chi connectivity index (χ2n) is 3.59. The number of aliphatic hydroxyl groups is 1. The number of hydrogen-bond donors (Lipinski definition) is 2. The summed E-state index contributed by atoms with van der Waals surface area (Å²) in [6.45, 7) is 0. The largest absolute Gasteiger partial charge is 0.417 e. The maximum absolute atomic E-state index is 11.0. The predicted octanol–water partition coefficient (Wildman–Crippen LogP) is 1.66. The molecule has 0 fully saturated rings. The molecule has 0 aliphatic rings. The monoisotopic (exact) mass is 248 g/mol. The van der Waals surface area contributed by atoms with E-state index in [0.29, 0.717) is 22.4 Å². The zero-order chi connectivity index (χ0) is 11.8. The first-order chi connectivity index (χ1) is 8.24. The van der Waals surface area contributed by atoms with Crippen LogP contribution >= 0.6 is 11.3 Å². The fraction of sp³-hybridized carbons (Fsp3) is 0.0909. The molecule has 0 saturated carbocycles. The van der Waals surface area contributed by atoms with Gasteiger partial charge in [0.15, 0.2) is 5.58 Å². The van der Waals surface area contributed by atoms with E-state index < -0.39 is 11.9 Å². The zero-order valence-corrected chi connectivity index (χ0v) is 9.40. The normalized spacial score (nSPS) is 13.0. The molecule has 17 heavy (non-hydrogen) atoms. The minimum atomic E-state index is -0.800. The Bertz CT molecular complexity index is 699. The maximum Gasteiger partial charge on any atom is 0.417 e. The van der Waals surface area contributed by atoms with Crippen LogP contribution < -0.4 is 5.76 Å². The van der Waals surface area contributed by atoms with Crippen LogP contribution in [-0.4, -0.2) is 15.1 Å². The smallest absolute Gasteiger partial charge is 0.408 e. The van der Waals surface area contributed by atoms with Gasteiger partial charge in [0.2, 0.25) is 0 Å². The Balaban J connectivity index is 2.08. The number of fused-ring (bicyclic) bond motifs is 1. The van der Waals surface area contributed by atoms with Crippen LogP contribution in [0.25, 0.3) is 11.1 Å². The van der Waals surface area contributed by atoms with Crippen molar-refractivity contribution in [1.29, 1.82) is 0 Å². The van der Waals surface area contributed by atoms with Gasteiger partial charge in [0.05, 0.1) is 16.7 Å². The van der Waals surface area contributed by atoms with Crippen LogP contribution in [0.3, 0.4) is 0 Å². The van der Waals surface area contributed by atoms with Gasteiger partial charge in [-0.1, -0.05) is 6.07 Å². The summed E-state index contributed by atoms with van der Waals surface area (Å²) in [5, 5.41) is 11.8. The molecule has 2 aromatic heterocycles. The van der Waals surface area contributed by atoms with Gasteiger partial charge in [0, 0.05) is 5.38 Å². The highest BCUT2D eigenvalue weighted by atomic mass is 32.1. The van der Waals surface area contributed by atoms with E-state index in [1.165, 1.54) is 11.3 Å². The highest BCUT2D eigenvalue weighted by molar-refractivity contribution is 7.07. The highest BCUT2D eigenvalue weighted by Crippen LogP contribution is 2.24. The number of aromatic nitrogens is 2. The van der Waals surface area contributed by atoms with Crippen LogP contribution in [0.4, 0.5) is 0 Å². The number of nitrogens with zero attached hydrogens (tertiary/aromatic N) is 1. The van der Waals surface area contributed by atoms with Crippen molar-refractivity contribution in [2.45, 2.75) is 6.10 Å². The third kappa shape index (κ3) is 1.77. The van der Waals surface area contributed by atoms with Crippen LogP contribution in [0.1, 0.15) is 17.4 Å². The Labute approximate surface area is 99.4 Å². The Morgan fingerprint density at radius 3 is 3.12 bits per heavy atom. The fourth-order valence-electron chi connectivity index (χ4n) is 1.66. The molecule has 0 amide bonds. The second kappa shape index (κ2) is 3.83. The number of aliphatic hydroxyl groups excluding tert-OH is 1. The Morgan fingerprint density at radius 1 is 1.47 bits per heavy atom. The molecule has 86 valence electrons. The van der Waals surface area contributed by atoms with E-state index in [-0.39, 0.29) is 0 Å². The number of rotatable bonds is 2. The molecule has 1 atom stereocenters. The van der Waals surface area contributed by atoms with Crippen molar-refractivity contribution < 1.29 is 9.52 Å². The quantitative estimate of drug-likeness (QED) is 0.722. The number of oxazole rings is 1. The number of hydrogen-bond acceptors (Lipinski definition) is 5. The number of aromatic amines is 1. The minimum absolute atomic E-state index is 0.432. The summed E-state index contributed by atoms with van der Waals surface area (Å²) < 4.78 is 4.94. The summed E-state index contributed by atoms with van der Waals surface area (Å²) in [7, 11) is 0. The van der Waals surface area contributed by atoms with Gasteiger partial charge in [-0.2, -0.15) is 0 Å². The molecule has 0 spiro atoms. The van der Waals surface area contributed by atoms with Crippen molar-refractivity contribution >= 4 is 22.4 Å². The molecule has 2 N–H and O–H groups in total. The molecule has 5 nitrogen and oxygen atoms in total. The van der Waals surface area contributed by atoms with Gasteiger partial charge in [0.25, 0.3) is 0 Å². The number of nitrogens with one attached hydrogen (secondary N) is 1. The van der Waals surface area contributed by atoms with E-state index in [1.54, 1.807) is 29.1 Å². The van der Waals surface area contributed by atoms with E-state index >= 15 is 0 Å². The van der Waals surface area contributed by atoms with Crippen molar-refractivity contribution in [2.24, 2.45) is 0 Å². The van der Waals surface area contributed by atoms with Gasteiger partial charge in [-0.3, -0.25) is 4.98 Å². The van der Waals surface area contributed by atoms with E-state index in [1.807, 2.05) is 0 Å². The lowest BCUT2D eigenvalue weighted by Gasteiger charge is -2.07. The van der Waals surface area contributed by atoms with Gasteiger partial charge in [-0.25, -0.2) is 9.78 Å². The molecule has 1 unspecified atom stereocenters. The summed E-state index contributed by atoms with van der Waals surface area (Å²) >= 11 is 1.42. The van der Waals surface area contributed by atoms with Crippen LogP contribution in [0.5, 0.6) is 0 Å². The lowest BCUT2D eigenvalue weighted by Crippen LogP contribution is -1.99. The van der Waals surface area contributed by atoms with Crippen LogP contribution in [0, 0.1) is 0 Å². The second-order valence-corrected chi connectivity index (χ2v) is 4.30. The SMILES string of the molecule is O=c1[nH]c2ccc(C(O)c3cscn3)cc2o1. The topological polar surface area (TPSA) is 79.1 Å². The van der Waals surface area contributed by atoms with Gasteiger partial charge < -0.3 is 9.52 Å². The maximum atomic E-state index is 11.0. The average molecular weight is 248 g/mol. The third-order valence-corrected chi connectivity index (χ3v) is 3.10. The average Bonchev–Trinajstić information content (AvgIpc) is 2.94. The summed E-state index contributed by atoms with van der Waals surface area (Å²) in [6.07, 6.45) is -0.800. The molecule has 0 aliphatic heterocycles. The summed E-state index contributed by atoms with van der Waals surface area (Å²) in [5.74, 6) is -0.500. The molecule has 2 heterocycles. The standard InChI is InChI=1S/C11H8N2O3S/c14-10(8-4-17-5-12-8)6-1-2-7-9(3-6)16-11(15)13-7/h1-5,10,14H,(H,13,15). The first-order valence-electron chi connectivity index (χ1n) is 4.93. The van der Waals surface area contributed by atoms with Gasteiger partial charge in [-0.05, 0) is 17.7 Å². The highest BCUT2D eigenvalue weighted by Gasteiger charge is 2.13. The van der Waals surface area contributed by atoms with E-state index in [0.717, 1.165) is 0 Å². The van der Waals surface area contributed by atoms with Crippen molar-refractivity contribution in [2.75, 3.05) is 0 Å². The molecule has 0 aliphatic carbocycles. The first kappa shape index (κ1) is 10.2. The van der Waals surface area contributed by atoms with Gasteiger partial charge in [0.1, 0.15) is 6.10 Å². The molecule has 3 rings (SSSR count). The van der Waals surface area contributed by atoms with Crippen LogP contribution in [0.15, 0.2) is 38.3 Å². The number of benzene rings is 1. The van der Waals surface area contributed by atoms with E-state index in [9.17, 15) is 9.90 Å². The van der Waals surface area contributed by atoms with Crippen molar-refractivity contribution in [3.05, 3.63) is 50.9 Å². The van der Waals surface area contributed by atoms with Crippen molar-refractivity contribution in [1.82, 2.24) is 9.97 Å². The molecule has 0 radical (unpaired) electrons. The van der Waals surface area contributed by atoms with E-state index in [4.69, 9.17) is 4.42 Å². The van der Waals surface area contributed by atoms with E-state index in [2.05, 4.69) is 9.97 Å². The Kier molecular flexibility index (Phi) is 2.31. The molecular weight excluding hydrogens is 240 g/mol. The molecule has 0 bridgehead atoms. The summed E-state index contributed by atoms with van der Waals surface area (Å²) in [5.41, 5.74) is 3.94. The van der Waals surface area contributed by atoms with Crippen molar-refractivity contribution in [3.8, 4) is 0 Å². The third-order valence-electron chi connectivity index (χ3n) is 2.49. The molecule has 6 heteroatoms. The van der Waals surface area contributed by atoms with Gasteiger partial charge in [-0.15, -0.1) is 11.3 Å². The molecule has 0 saturated heterocycles. The molecule has 1 aromatic carbocycles. The lowest BCUT2D eigenvalue weighted by molar-refractivity contribution is 0.216. The zero-order valence-electron chi connectivity index (χ0n) is 8.58. The number of H-pyrrole nitrogens is 1. The Morgan fingerprint density at radius 2 is 2.35 bits per heavy atom. The first-order valence-corrected chi connectivity index (χ1v) is 5.87. The lowest BCUT2D eigenvalue weighted by atomic mass is 10.1. The van der Waals surface area contributed by atoms with Crippen LogP contribution in [0.2, 0.25) is 0 Å².